The first kappa shape index (κ1) is 15.1. The third kappa shape index (κ3) is 3.44. The molecule has 0 spiro atoms. The van der Waals surface area contributed by atoms with E-state index in [4.69, 9.17) is 0 Å². The third-order valence-electron chi connectivity index (χ3n) is 2.98. The largest absolute Gasteiger partial charge is 0.183 e. The summed E-state index contributed by atoms with van der Waals surface area (Å²) in [6, 6.07) is 33.0. The van der Waals surface area contributed by atoms with E-state index < -0.39 is 7.92 Å². The van der Waals surface area contributed by atoms with Gasteiger partial charge in [-0.15, -0.1) is 5.30 Å². The topological polar surface area (TPSA) is 0 Å². The molecule has 102 valence electrons. The van der Waals surface area contributed by atoms with E-state index in [1.165, 1.54) is 15.9 Å². The van der Waals surface area contributed by atoms with E-state index in [0.717, 1.165) is 0 Å². The second kappa shape index (κ2) is 7.51. The molecule has 20 heavy (non-hydrogen) atoms. The van der Waals surface area contributed by atoms with Crippen molar-refractivity contribution in [2.45, 2.75) is 0 Å². The molecule has 0 nitrogen and oxygen atoms in total. The van der Waals surface area contributed by atoms with Crippen molar-refractivity contribution in [3.63, 3.8) is 0 Å². The molecule has 0 amide bonds. The molecule has 0 heterocycles. The molecular weight excluding hydrogens is 354 g/mol. The van der Waals surface area contributed by atoms with Gasteiger partial charge in [0.1, 0.15) is 0 Å². The minimum atomic E-state index is -0.477. The molecule has 3 rings (SSSR count). The van der Waals surface area contributed by atoms with Crippen LogP contribution in [0.3, 0.4) is 0 Å². The number of hydrogen-bond donors (Lipinski definition) is 0. The Balaban J connectivity index is 0.00000147. The molecule has 0 aliphatic rings. The van der Waals surface area contributed by atoms with Gasteiger partial charge in [0, 0.05) is 20.4 Å². The molecule has 3 aromatic carbocycles. The van der Waals surface area contributed by atoms with Crippen LogP contribution in [0.5, 0.6) is 0 Å². The molecule has 0 fully saturated rings. The fourth-order valence-electron chi connectivity index (χ4n) is 2.12. The first-order chi connectivity index (χ1) is 9.45. The minimum Gasteiger partial charge on any atom is -0.183 e. The summed E-state index contributed by atoms with van der Waals surface area (Å²) in [5, 5.41) is 4.10. The van der Waals surface area contributed by atoms with Gasteiger partial charge in [-0.25, -0.2) is 0 Å². The smallest absolute Gasteiger partial charge is 0 e. The van der Waals surface area contributed by atoms with Crippen molar-refractivity contribution in [1.82, 2.24) is 0 Å². The average molecular weight is 368 g/mol. The van der Waals surface area contributed by atoms with E-state index in [-0.39, 0.29) is 20.4 Å². The number of benzene rings is 3. The molecule has 0 aliphatic heterocycles. The zero-order valence-electron chi connectivity index (χ0n) is 10.8. The number of rotatable bonds is 3. The van der Waals surface area contributed by atoms with E-state index in [0.29, 0.717) is 0 Å². The van der Waals surface area contributed by atoms with Gasteiger partial charge in [-0.1, -0.05) is 68.6 Å². The van der Waals surface area contributed by atoms with Gasteiger partial charge in [0.25, 0.3) is 0 Å². The molecule has 0 saturated carbocycles. The van der Waals surface area contributed by atoms with Gasteiger partial charge in [0.15, 0.2) is 0 Å². The molecule has 0 atom stereocenters. The maximum Gasteiger partial charge on any atom is 0 e. The van der Waals surface area contributed by atoms with Crippen molar-refractivity contribution < 1.29 is 20.4 Å². The van der Waals surface area contributed by atoms with E-state index in [9.17, 15) is 0 Å². The Labute approximate surface area is 135 Å². The average Bonchev–Trinajstić information content (AvgIpc) is 2.51. The van der Waals surface area contributed by atoms with Crippen LogP contribution >= 0.6 is 7.92 Å². The van der Waals surface area contributed by atoms with Crippen molar-refractivity contribution in [3.05, 3.63) is 91.0 Å². The zero-order valence-corrected chi connectivity index (χ0v) is 13.3. The molecule has 0 saturated heterocycles. The van der Waals surface area contributed by atoms with Gasteiger partial charge < -0.3 is 0 Å². The van der Waals surface area contributed by atoms with Crippen LogP contribution in [0.15, 0.2) is 84.9 Å². The SMILES string of the molecule is [Pd].[c-]1cccc(P(c2ccccc2)c2ccccc2)c1. The van der Waals surface area contributed by atoms with Gasteiger partial charge in [-0.2, -0.15) is 30.3 Å². The summed E-state index contributed by atoms with van der Waals surface area (Å²) in [7, 11) is -0.477. The Kier molecular flexibility index (Phi) is 5.69. The molecule has 0 radical (unpaired) electrons. The number of hydrogen-bond acceptors (Lipinski definition) is 0. The van der Waals surface area contributed by atoms with Crippen molar-refractivity contribution in [3.8, 4) is 0 Å². The van der Waals surface area contributed by atoms with Gasteiger partial charge in [-0.3, -0.25) is 0 Å². The van der Waals surface area contributed by atoms with Crippen LogP contribution in [0.1, 0.15) is 0 Å². The standard InChI is InChI=1S/C18H14P.Pd/c1-4-10-16(11-5-1)19(17-12-6-2-7-13-17)18-14-8-3-9-15-18;/h1-8,10-15H;/q-1;. The van der Waals surface area contributed by atoms with Crippen LogP contribution in [0.25, 0.3) is 0 Å². The molecular formula is C18H14PPd-. The van der Waals surface area contributed by atoms with E-state index in [2.05, 4.69) is 84.9 Å². The van der Waals surface area contributed by atoms with E-state index in [1.54, 1.807) is 0 Å². The zero-order chi connectivity index (χ0) is 12.9. The summed E-state index contributed by atoms with van der Waals surface area (Å²) >= 11 is 0. The van der Waals surface area contributed by atoms with Gasteiger partial charge in [-0.05, 0) is 10.6 Å². The van der Waals surface area contributed by atoms with Crippen molar-refractivity contribution in [2.75, 3.05) is 0 Å². The van der Waals surface area contributed by atoms with Crippen LogP contribution in [-0.2, 0) is 20.4 Å². The fourth-order valence-corrected chi connectivity index (χ4v) is 4.40. The van der Waals surface area contributed by atoms with E-state index >= 15 is 0 Å². The second-order valence-corrected chi connectivity index (χ2v) is 6.49. The summed E-state index contributed by atoms with van der Waals surface area (Å²) in [6.45, 7) is 0. The minimum absolute atomic E-state index is 0. The summed E-state index contributed by atoms with van der Waals surface area (Å²) in [5.41, 5.74) is 0. The van der Waals surface area contributed by atoms with Crippen molar-refractivity contribution in [1.29, 1.82) is 0 Å². The molecule has 0 bridgehead atoms. The Morgan fingerprint density at radius 1 is 0.600 bits per heavy atom. The molecule has 0 aromatic heterocycles. The molecule has 0 unspecified atom stereocenters. The summed E-state index contributed by atoms with van der Waals surface area (Å²) < 4.78 is 0. The van der Waals surface area contributed by atoms with Crippen molar-refractivity contribution >= 4 is 23.8 Å². The third-order valence-corrected chi connectivity index (χ3v) is 5.40. The molecule has 3 aromatic rings. The normalized spacial score (nSPS) is 10.1. The Morgan fingerprint density at radius 2 is 1.10 bits per heavy atom. The first-order valence-electron chi connectivity index (χ1n) is 6.31. The first-order valence-corrected chi connectivity index (χ1v) is 7.66. The van der Waals surface area contributed by atoms with Crippen LogP contribution < -0.4 is 15.9 Å². The summed E-state index contributed by atoms with van der Waals surface area (Å²) in [4.78, 5) is 0. The fraction of sp³-hybridized carbons (Fsp3) is 0. The van der Waals surface area contributed by atoms with Crippen LogP contribution in [-0.4, -0.2) is 0 Å². The molecule has 0 N–H and O–H groups in total. The maximum absolute atomic E-state index is 3.20. The van der Waals surface area contributed by atoms with Gasteiger partial charge in [0.2, 0.25) is 0 Å². The predicted octanol–water partition coefficient (Wildman–Crippen LogP) is 3.24. The van der Waals surface area contributed by atoms with Crippen molar-refractivity contribution in [2.24, 2.45) is 0 Å². The summed E-state index contributed by atoms with van der Waals surface area (Å²) in [6.07, 6.45) is 0. The Morgan fingerprint density at radius 3 is 1.55 bits per heavy atom. The quantitative estimate of drug-likeness (QED) is 0.379. The van der Waals surface area contributed by atoms with Crippen LogP contribution in [0.2, 0.25) is 0 Å². The predicted molar refractivity (Wildman–Crippen MR) is 84.0 cm³/mol. The van der Waals surface area contributed by atoms with E-state index in [1.807, 2.05) is 6.07 Å². The Bertz CT molecular complexity index is 529. The summed E-state index contributed by atoms with van der Waals surface area (Å²) in [5.74, 6) is 0. The monoisotopic (exact) mass is 367 g/mol. The molecule has 0 aliphatic carbocycles. The second-order valence-electron chi connectivity index (χ2n) is 4.27. The van der Waals surface area contributed by atoms with Crippen LogP contribution in [0.4, 0.5) is 0 Å². The van der Waals surface area contributed by atoms with Gasteiger partial charge >= 0.3 is 0 Å². The van der Waals surface area contributed by atoms with Gasteiger partial charge in [0.05, 0.1) is 0 Å². The molecule has 2 heteroatoms. The van der Waals surface area contributed by atoms with Crippen LogP contribution in [0, 0.1) is 6.07 Å². The maximum atomic E-state index is 3.20. The Hall–Kier alpha value is -1.25.